The molecule has 0 spiro atoms. The molecule has 0 aliphatic carbocycles. The zero-order valence-electron chi connectivity index (χ0n) is 15.7. The predicted octanol–water partition coefficient (Wildman–Crippen LogP) is 1.97. The summed E-state index contributed by atoms with van der Waals surface area (Å²) in [7, 11) is 0. The van der Waals surface area contributed by atoms with Crippen LogP contribution in [0.3, 0.4) is 0 Å². The molecular weight excluding hydrogens is 369 g/mol. The fourth-order valence-electron chi connectivity index (χ4n) is 4.00. The van der Waals surface area contributed by atoms with E-state index in [1.807, 2.05) is 30.3 Å². The molecule has 0 aromatic heterocycles. The molecule has 146 valence electrons. The van der Waals surface area contributed by atoms with Gasteiger partial charge in [-0.1, -0.05) is 30.3 Å². The summed E-state index contributed by atoms with van der Waals surface area (Å²) in [6.07, 6.45) is 2.05. The molecule has 2 aliphatic heterocycles. The molecule has 2 unspecified atom stereocenters. The van der Waals surface area contributed by atoms with Crippen LogP contribution in [0, 0.1) is 28.5 Å². The zero-order valence-corrected chi connectivity index (χ0v) is 15.7. The molecule has 6 nitrogen and oxygen atoms in total. The number of benzene rings is 2. The second kappa shape index (κ2) is 7.63. The molecule has 0 saturated carbocycles. The molecule has 2 bridgehead atoms. The minimum absolute atomic E-state index is 0.0114. The van der Waals surface area contributed by atoms with Crippen molar-refractivity contribution in [3.63, 3.8) is 0 Å². The molecule has 7 heteroatoms. The molecule has 4 rings (SSSR count). The molecular formula is C22H20FN5O. The first kappa shape index (κ1) is 19.1. The summed E-state index contributed by atoms with van der Waals surface area (Å²) >= 11 is 0. The van der Waals surface area contributed by atoms with E-state index in [0.29, 0.717) is 18.0 Å². The fraction of sp³-hybridized carbons (Fsp3) is 0.318. The van der Waals surface area contributed by atoms with E-state index in [-0.39, 0.29) is 11.5 Å². The van der Waals surface area contributed by atoms with Crippen molar-refractivity contribution in [2.45, 2.75) is 37.0 Å². The average molecular weight is 389 g/mol. The largest absolute Gasteiger partial charge is 0.337 e. The Bertz CT molecular complexity index is 1010. The molecule has 0 radical (unpaired) electrons. The molecule has 2 aromatic rings. The van der Waals surface area contributed by atoms with Gasteiger partial charge in [0.05, 0.1) is 11.6 Å². The Kier molecular flexibility index (Phi) is 5.02. The Morgan fingerprint density at radius 3 is 2.55 bits per heavy atom. The minimum Gasteiger partial charge on any atom is -0.337 e. The van der Waals surface area contributed by atoms with Gasteiger partial charge < -0.3 is 5.32 Å². The van der Waals surface area contributed by atoms with E-state index in [0.717, 1.165) is 30.5 Å². The molecule has 2 saturated heterocycles. The Morgan fingerprint density at radius 1 is 1.24 bits per heavy atom. The van der Waals surface area contributed by atoms with Gasteiger partial charge in [0, 0.05) is 19.0 Å². The predicted molar refractivity (Wildman–Crippen MR) is 105 cm³/mol. The Balaban J connectivity index is 1.42. The zero-order chi connectivity index (χ0) is 20.4. The molecule has 29 heavy (non-hydrogen) atoms. The monoisotopic (exact) mass is 389 g/mol. The highest BCUT2D eigenvalue weighted by atomic mass is 19.1. The van der Waals surface area contributed by atoms with Crippen molar-refractivity contribution in [1.29, 1.82) is 10.5 Å². The molecule has 3 atom stereocenters. The van der Waals surface area contributed by atoms with Crippen LogP contribution in [0.5, 0.6) is 0 Å². The number of amides is 1. The number of carbonyl (C=O) groups is 1. The van der Waals surface area contributed by atoms with Crippen molar-refractivity contribution < 1.29 is 9.18 Å². The average Bonchev–Trinajstić information content (AvgIpc) is 3.36. The van der Waals surface area contributed by atoms with E-state index in [4.69, 9.17) is 5.26 Å². The van der Waals surface area contributed by atoms with Crippen LogP contribution in [-0.4, -0.2) is 30.2 Å². The number of nitrogens with one attached hydrogen (secondary N) is 3. The number of piperidine rings is 1. The number of carbonyl (C=O) groups excluding carboxylic acids is 1. The van der Waals surface area contributed by atoms with Crippen LogP contribution >= 0.6 is 0 Å². The van der Waals surface area contributed by atoms with Crippen molar-refractivity contribution in [2.24, 2.45) is 0 Å². The van der Waals surface area contributed by atoms with Gasteiger partial charge in [0.25, 0.3) is 5.91 Å². The summed E-state index contributed by atoms with van der Waals surface area (Å²) in [6.45, 7) is 0.766. The van der Waals surface area contributed by atoms with Crippen molar-refractivity contribution in [3.8, 4) is 23.3 Å². The Morgan fingerprint density at radius 2 is 2.00 bits per heavy atom. The standard InChI is InChI=1S/C22H20FN5O/c23-20-10-16(5-6-17(20)11-24)15-3-1-14(2-4-15)9-19(12-25)27-21(29)22-8-7-18(28-22)13-26-22/h1-6,10,18-19,26,28H,7-9,13H2,(H,27,29)/t18?,19-,22?/m0/s1. The second-order valence-corrected chi connectivity index (χ2v) is 7.53. The third-order valence-corrected chi connectivity index (χ3v) is 5.63. The summed E-state index contributed by atoms with van der Waals surface area (Å²) in [5, 5.41) is 27.7. The van der Waals surface area contributed by atoms with Gasteiger partial charge in [0.1, 0.15) is 17.9 Å². The van der Waals surface area contributed by atoms with E-state index >= 15 is 0 Å². The van der Waals surface area contributed by atoms with Crippen molar-refractivity contribution in [2.75, 3.05) is 6.54 Å². The number of hydrogen-bond donors (Lipinski definition) is 3. The lowest BCUT2D eigenvalue weighted by Crippen LogP contribution is -2.60. The SMILES string of the molecule is N#Cc1ccc(-c2ccc(C[C@@H](C#N)NC(=O)C34CCC(CN3)N4)cc2)cc1F. The van der Waals surface area contributed by atoms with Crippen molar-refractivity contribution >= 4 is 5.91 Å². The van der Waals surface area contributed by atoms with E-state index in [1.54, 1.807) is 6.07 Å². The molecule has 2 aliphatic rings. The summed E-state index contributed by atoms with van der Waals surface area (Å²) in [6, 6.07) is 15.5. The van der Waals surface area contributed by atoms with Crippen LogP contribution in [-0.2, 0) is 11.2 Å². The van der Waals surface area contributed by atoms with Crippen molar-refractivity contribution in [1.82, 2.24) is 16.0 Å². The second-order valence-electron chi connectivity index (χ2n) is 7.53. The Hall–Kier alpha value is -3.26. The molecule has 2 aromatic carbocycles. The highest BCUT2D eigenvalue weighted by Gasteiger charge is 2.49. The van der Waals surface area contributed by atoms with Gasteiger partial charge in [-0.2, -0.15) is 10.5 Å². The summed E-state index contributed by atoms with van der Waals surface area (Å²) < 4.78 is 13.8. The van der Waals surface area contributed by atoms with E-state index in [2.05, 4.69) is 22.0 Å². The lowest BCUT2D eigenvalue weighted by atomic mass is 9.99. The summed E-state index contributed by atoms with van der Waals surface area (Å²) in [5.74, 6) is -0.738. The highest BCUT2D eigenvalue weighted by molar-refractivity contribution is 5.87. The third-order valence-electron chi connectivity index (χ3n) is 5.63. The van der Waals surface area contributed by atoms with Gasteiger partial charge in [0.15, 0.2) is 5.66 Å². The summed E-state index contributed by atoms with van der Waals surface area (Å²) in [4.78, 5) is 12.7. The first-order valence-corrected chi connectivity index (χ1v) is 9.55. The van der Waals surface area contributed by atoms with Crippen LogP contribution in [0.2, 0.25) is 0 Å². The highest BCUT2D eigenvalue weighted by Crippen LogP contribution is 2.27. The maximum absolute atomic E-state index is 13.8. The maximum Gasteiger partial charge on any atom is 0.256 e. The number of nitrogens with zero attached hydrogens (tertiary/aromatic N) is 2. The van der Waals surface area contributed by atoms with E-state index < -0.39 is 17.5 Å². The van der Waals surface area contributed by atoms with Crippen LogP contribution < -0.4 is 16.0 Å². The number of nitriles is 2. The van der Waals surface area contributed by atoms with Gasteiger partial charge in [0.2, 0.25) is 0 Å². The van der Waals surface area contributed by atoms with Gasteiger partial charge in [-0.15, -0.1) is 0 Å². The number of fused-ring (bicyclic) bond motifs is 2. The molecule has 1 amide bonds. The van der Waals surface area contributed by atoms with E-state index in [9.17, 15) is 14.4 Å². The van der Waals surface area contributed by atoms with Crippen LogP contribution in [0.25, 0.3) is 11.1 Å². The smallest absolute Gasteiger partial charge is 0.256 e. The topological polar surface area (TPSA) is 101 Å². The number of halogens is 1. The van der Waals surface area contributed by atoms with Gasteiger partial charge in [-0.3, -0.25) is 15.4 Å². The minimum atomic E-state index is -0.747. The fourth-order valence-corrected chi connectivity index (χ4v) is 4.00. The molecule has 3 N–H and O–H groups in total. The van der Waals surface area contributed by atoms with Crippen LogP contribution in [0.4, 0.5) is 4.39 Å². The molecule has 2 fully saturated rings. The van der Waals surface area contributed by atoms with Crippen LogP contribution in [0.1, 0.15) is 24.0 Å². The lowest BCUT2D eigenvalue weighted by molar-refractivity contribution is -0.128. The van der Waals surface area contributed by atoms with E-state index in [1.165, 1.54) is 12.1 Å². The quantitative estimate of drug-likeness (QED) is 0.726. The van der Waals surface area contributed by atoms with Crippen LogP contribution in [0.15, 0.2) is 42.5 Å². The Labute approximate surface area is 168 Å². The first-order chi connectivity index (χ1) is 14.0. The summed E-state index contributed by atoms with van der Waals surface area (Å²) in [5.41, 5.74) is 1.64. The van der Waals surface area contributed by atoms with Gasteiger partial charge in [-0.05, 0) is 41.7 Å². The van der Waals surface area contributed by atoms with Crippen molar-refractivity contribution in [3.05, 3.63) is 59.4 Å². The first-order valence-electron chi connectivity index (χ1n) is 9.55. The number of hydrogen-bond acceptors (Lipinski definition) is 5. The van der Waals surface area contributed by atoms with Gasteiger partial charge >= 0.3 is 0 Å². The third kappa shape index (κ3) is 3.71. The lowest BCUT2D eigenvalue weighted by Gasteiger charge is -2.27. The molecule has 2 heterocycles. The normalized spacial score (nSPS) is 23.2. The number of rotatable bonds is 5. The van der Waals surface area contributed by atoms with Gasteiger partial charge in [-0.25, -0.2) is 4.39 Å². The maximum atomic E-state index is 13.8.